The Morgan fingerprint density at radius 3 is 2.73 bits per heavy atom. The van der Waals surface area contributed by atoms with Gasteiger partial charge in [-0.25, -0.2) is 0 Å². The second-order valence-electron chi connectivity index (χ2n) is 8.76. The Morgan fingerprint density at radius 2 is 2.08 bits per heavy atom. The number of rotatable bonds is 3. The second-order valence-corrected chi connectivity index (χ2v) is 8.76. The number of aryl methyl sites for hydroxylation is 1. The van der Waals surface area contributed by atoms with Crippen molar-refractivity contribution in [3.63, 3.8) is 0 Å². The van der Waals surface area contributed by atoms with E-state index in [1.165, 1.54) is 35.7 Å². The highest BCUT2D eigenvalue weighted by molar-refractivity contribution is 5.91. The van der Waals surface area contributed by atoms with Crippen molar-refractivity contribution < 1.29 is 9.84 Å². The molecule has 1 saturated carbocycles. The predicted octanol–water partition coefficient (Wildman–Crippen LogP) is 3.16. The molecular formula is C22H30N2O2. The quantitative estimate of drug-likeness (QED) is 0.920. The number of aromatic nitrogens is 1. The maximum atomic E-state index is 9.87. The van der Waals surface area contributed by atoms with E-state index in [4.69, 9.17) is 4.74 Å². The fourth-order valence-electron chi connectivity index (χ4n) is 6.13. The number of benzene rings is 1. The number of nitrogens with zero attached hydrogens (tertiary/aromatic N) is 2. The lowest BCUT2D eigenvalue weighted by Gasteiger charge is -2.53. The largest absolute Gasteiger partial charge is 0.396 e. The van der Waals surface area contributed by atoms with Gasteiger partial charge >= 0.3 is 0 Å². The van der Waals surface area contributed by atoms with E-state index in [-0.39, 0.29) is 18.1 Å². The van der Waals surface area contributed by atoms with Gasteiger partial charge in [0.15, 0.2) is 0 Å². The van der Waals surface area contributed by atoms with E-state index in [1.807, 2.05) is 7.11 Å². The van der Waals surface area contributed by atoms with Crippen molar-refractivity contribution in [1.82, 2.24) is 9.47 Å². The van der Waals surface area contributed by atoms with Gasteiger partial charge in [0.2, 0.25) is 0 Å². The monoisotopic (exact) mass is 354 g/mol. The van der Waals surface area contributed by atoms with E-state index in [2.05, 4.69) is 41.8 Å². The van der Waals surface area contributed by atoms with Crippen LogP contribution in [0.4, 0.5) is 0 Å². The van der Waals surface area contributed by atoms with E-state index < -0.39 is 0 Å². The third kappa shape index (κ3) is 2.01. The molecule has 2 fully saturated rings. The number of hydrogen-bond acceptors (Lipinski definition) is 3. The highest BCUT2D eigenvalue weighted by atomic mass is 16.5. The number of ether oxygens (including phenoxy) is 1. The van der Waals surface area contributed by atoms with Crippen molar-refractivity contribution in [2.75, 3.05) is 27.3 Å². The number of likely N-dealkylation sites (tertiary alicyclic amines) is 1. The van der Waals surface area contributed by atoms with Crippen LogP contribution in [0.5, 0.6) is 0 Å². The SMILES string of the molecule is CO[C@]12C[C@@H](CO)CN(C)C1Cc1c(C3CCC3)n(C)c3cccc2c13. The third-order valence-corrected chi connectivity index (χ3v) is 7.55. The molecule has 4 nitrogen and oxygen atoms in total. The van der Waals surface area contributed by atoms with Gasteiger partial charge in [-0.3, -0.25) is 4.90 Å². The molecule has 4 heteroatoms. The number of methoxy groups -OCH3 is 1. The molecule has 1 N–H and O–H groups in total. The summed E-state index contributed by atoms with van der Waals surface area (Å²) in [5, 5.41) is 11.3. The first-order valence-corrected chi connectivity index (χ1v) is 10.1. The standard InChI is InChI=1S/C22H30N2O2/c1-23-12-14(13-25)11-22(26-3)17-8-5-9-18-20(17)16(10-19(22)23)21(24(18)2)15-6-4-7-15/h5,8-9,14-15,19,25H,4,6-7,10-13H2,1-3H3/t14-,19?,22+/m1/s1. The lowest BCUT2D eigenvalue weighted by molar-refractivity contribution is -0.130. The van der Waals surface area contributed by atoms with Crippen molar-refractivity contribution in [2.45, 2.75) is 49.7 Å². The van der Waals surface area contributed by atoms with Crippen LogP contribution >= 0.6 is 0 Å². The minimum atomic E-state index is -0.314. The van der Waals surface area contributed by atoms with Gasteiger partial charge < -0.3 is 14.4 Å². The molecular weight excluding hydrogens is 324 g/mol. The van der Waals surface area contributed by atoms with Crippen LogP contribution in [0.2, 0.25) is 0 Å². The van der Waals surface area contributed by atoms with E-state index in [0.717, 1.165) is 25.3 Å². The Hall–Kier alpha value is -1.36. The first kappa shape index (κ1) is 16.8. The maximum absolute atomic E-state index is 9.87. The molecule has 3 atom stereocenters. The Labute approximate surface area is 155 Å². The molecule has 26 heavy (non-hydrogen) atoms. The molecule has 2 aliphatic carbocycles. The summed E-state index contributed by atoms with van der Waals surface area (Å²) in [7, 11) is 6.31. The van der Waals surface area contributed by atoms with Gasteiger partial charge in [-0.1, -0.05) is 18.6 Å². The second kappa shape index (κ2) is 5.82. The van der Waals surface area contributed by atoms with Crippen LogP contribution in [0, 0.1) is 5.92 Å². The Kier molecular flexibility index (Phi) is 3.76. The van der Waals surface area contributed by atoms with E-state index in [1.54, 1.807) is 11.3 Å². The smallest absolute Gasteiger partial charge is 0.110 e. The molecule has 2 heterocycles. The van der Waals surface area contributed by atoms with Gasteiger partial charge in [0.05, 0.1) is 0 Å². The maximum Gasteiger partial charge on any atom is 0.110 e. The topological polar surface area (TPSA) is 37.6 Å². The minimum Gasteiger partial charge on any atom is -0.396 e. The summed E-state index contributed by atoms with van der Waals surface area (Å²) in [4.78, 5) is 2.44. The Balaban J connectivity index is 1.77. The van der Waals surface area contributed by atoms with Crippen LogP contribution in [0.25, 0.3) is 10.9 Å². The molecule has 1 saturated heterocycles. The summed E-state index contributed by atoms with van der Waals surface area (Å²) < 4.78 is 8.78. The average Bonchev–Trinajstić information content (AvgIpc) is 2.88. The Morgan fingerprint density at radius 1 is 1.27 bits per heavy atom. The molecule has 3 aliphatic rings. The average molecular weight is 354 g/mol. The summed E-state index contributed by atoms with van der Waals surface area (Å²) in [6.07, 6.45) is 5.98. The molecule has 0 bridgehead atoms. The lowest BCUT2D eigenvalue weighted by atomic mass is 9.67. The van der Waals surface area contributed by atoms with E-state index >= 15 is 0 Å². The van der Waals surface area contributed by atoms with Gasteiger partial charge in [-0.15, -0.1) is 0 Å². The first-order chi connectivity index (χ1) is 12.6. The molecule has 0 radical (unpaired) electrons. The van der Waals surface area contributed by atoms with Gasteiger partial charge in [0.25, 0.3) is 0 Å². The number of piperidine rings is 1. The Bertz CT molecular complexity index is 853. The minimum absolute atomic E-state index is 0.229. The van der Waals surface area contributed by atoms with Crippen molar-refractivity contribution in [3.8, 4) is 0 Å². The number of hydrogen-bond donors (Lipinski definition) is 1. The molecule has 140 valence electrons. The molecule has 1 unspecified atom stereocenters. The number of aliphatic hydroxyl groups is 1. The number of likely N-dealkylation sites (N-methyl/N-ethyl adjacent to an activating group) is 1. The van der Waals surface area contributed by atoms with Gasteiger partial charge in [0, 0.05) is 49.9 Å². The molecule has 1 aliphatic heterocycles. The zero-order chi connectivity index (χ0) is 18.1. The van der Waals surface area contributed by atoms with Crippen LogP contribution < -0.4 is 0 Å². The van der Waals surface area contributed by atoms with Crippen molar-refractivity contribution >= 4 is 10.9 Å². The van der Waals surface area contributed by atoms with Crippen LogP contribution in [-0.4, -0.2) is 47.9 Å². The zero-order valence-corrected chi connectivity index (χ0v) is 16.2. The number of aliphatic hydroxyl groups excluding tert-OH is 1. The first-order valence-electron chi connectivity index (χ1n) is 10.1. The molecule has 1 aromatic carbocycles. The summed E-state index contributed by atoms with van der Waals surface area (Å²) >= 11 is 0. The molecule has 0 amide bonds. The van der Waals surface area contributed by atoms with Crippen molar-refractivity contribution in [3.05, 3.63) is 35.0 Å². The summed E-state index contributed by atoms with van der Waals surface area (Å²) in [5.41, 5.74) is 5.51. The highest BCUT2D eigenvalue weighted by Gasteiger charge is 2.52. The third-order valence-electron chi connectivity index (χ3n) is 7.55. The van der Waals surface area contributed by atoms with Gasteiger partial charge in [-0.2, -0.15) is 0 Å². The fourth-order valence-corrected chi connectivity index (χ4v) is 6.13. The van der Waals surface area contributed by atoms with Gasteiger partial charge in [0.1, 0.15) is 5.60 Å². The fraction of sp³-hybridized carbons (Fsp3) is 0.636. The van der Waals surface area contributed by atoms with Crippen LogP contribution in [0.15, 0.2) is 18.2 Å². The van der Waals surface area contributed by atoms with Crippen molar-refractivity contribution in [1.29, 1.82) is 0 Å². The van der Waals surface area contributed by atoms with Crippen LogP contribution in [-0.2, 0) is 23.8 Å². The van der Waals surface area contributed by atoms with Crippen LogP contribution in [0.3, 0.4) is 0 Å². The summed E-state index contributed by atoms with van der Waals surface area (Å²) in [5.74, 6) is 0.993. The predicted molar refractivity (Wildman–Crippen MR) is 104 cm³/mol. The summed E-state index contributed by atoms with van der Waals surface area (Å²) in [6, 6.07) is 7.08. The van der Waals surface area contributed by atoms with E-state index in [0.29, 0.717) is 6.04 Å². The summed E-state index contributed by atoms with van der Waals surface area (Å²) in [6.45, 7) is 1.18. The number of fused-ring (bicyclic) bond motifs is 2. The van der Waals surface area contributed by atoms with Crippen molar-refractivity contribution in [2.24, 2.45) is 13.0 Å². The molecule has 0 spiro atoms. The van der Waals surface area contributed by atoms with Gasteiger partial charge in [-0.05, 0) is 61.8 Å². The lowest BCUT2D eigenvalue weighted by Crippen LogP contribution is -2.59. The zero-order valence-electron chi connectivity index (χ0n) is 16.2. The van der Waals surface area contributed by atoms with E-state index in [9.17, 15) is 5.11 Å². The molecule has 5 rings (SSSR count). The molecule has 2 aromatic rings. The highest BCUT2D eigenvalue weighted by Crippen LogP contribution is 2.52. The van der Waals surface area contributed by atoms with Crippen LogP contribution in [0.1, 0.15) is 48.4 Å². The molecule has 1 aromatic heterocycles. The normalized spacial score (nSPS) is 31.8.